The Kier molecular flexibility index (Phi) is 12.9. The van der Waals surface area contributed by atoms with Crippen molar-refractivity contribution in [3.8, 4) is 16.9 Å². The average Bonchev–Trinajstić information content (AvgIpc) is 3.09. The summed E-state index contributed by atoms with van der Waals surface area (Å²) in [5.74, 6) is 0.0660. The number of carbonyl (C=O) groups is 2. The molecular formula is C44H55F3N2O5. The molecule has 2 heterocycles. The molecule has 0 bridgehead atoms. The van der Waals surface area contributed by atoms with Crippen LogP contribution in [0.1, 0.15) is 101 Å². The van der Waals surface area contributed by atoms with Crippen LogP contribution in [0.3, 0.4) is 0 Å². The van der Waals surface area contributed by atoms with Crippen LogP contribution in [0.5, 0.6) is 5.75 Å². The molecule has 10 heteroatoms. The van der Waals surface area contributed by atoms with E-state index in [2.05, 4.69) is 0 Å². The van der Waals surface area contributed by atoms with Crippen LogP contribution in [-0.2, 0) is 27.0 Å². The lowest BCUT2D eigenvalue weighted by Crippen LogP contribution is -2.46. The lowest BCUT2D eigenvalue weighted by atomic mass is 9.95. The molecule has 7 nitrogen and oxygen atoms in total. The standard InChI is InChI=1S/C44H55F3N2O5/c1-30-32(16-13-17-36(30)33-14-9-8-10-15-33)19-20-34-27-39(52-29-31-21-24-48(25-22-31)41(51)54-43(5,6)7)35(26-37(34)44(45,46)47)28-49-23-12-11-18-38(49)40(50)53-42(2,3)4/h8-10,13-17,19-20,26-27,31,38H,11-12,18,21-25,28-29H2,1-7H3/b20-19+/t38-/m0/s1. The Balaban J connectivity index is 1.46. The van der Waals surface area contributed by atoms with E-state index in [-0.39, 0.29) is 36.7 Å². The van der Waals surface area contributed by atoms with E-state index >= 15 is 0 Å². The fraction of sp³-hybridized carbons (Fsp3) is 0.500. The van der Waals surface area contributed by atoms with Crippen molar-refractivity contribution in [2.75, 3.05) is 26.2 Å². The van der Waals surface area contributed by atoms with E-state index in [0.717, 1.165) is 35.1 Å². The molecule has 54 heavy (non-hydrogen) atoms. The van der Waals surface area contributed by atoms with Gasteiger partial charge in [-0.2, -0.15) is 13.2 Å². The van der Waals surface area contributed by atoms with Gasteiger partial charge in [-0.3, -0.25) is 9.69 Å². The molecule has 0 saturated carbocycles. The van der Waals surface area contributed by atoms with Gasteiger partial charge in [0.2, 0.25) is 0 Å². The fourth-order valence-corrected chi connectivity index (χ4v) is 7.08. The van der Waals surface area contributed by atoms with Crippen molar-refractivity contribution in [1.82, 2.24) is 9.80 Å². The smallest absolute Gasteiger partial charge is 0.417 e. The summed E-state index contributed by atoms with van der Waals surface area (Å²) >= 11 is 0. The molecule has 3 aromatic rings. The van der Waals surface area contributed by atoms with Gasteiger partial charge >= 0.3 is 18.2 Å². The van der Waals surface area contributed by atoms with Crippen LogP contribution in [0.2, 0.25) is 0 Å². The molecule has 1 amide bonds. The highest BCUT2D eigenvalue weighted by Gasteiger charge is 2.37. The summed E-state index contributed by atoms with van der Waals surface area (Å²) < 4.78 is 62.4. The number of hydrogen-bond donors (Lipinski definition) is 0. The van der Waals surface area contributed by atoms with E-state index in [1.54, 1.807) is 11.0 Å². The largest absolute Gasteiger partial charge is 0.493 e. The van der Waals surface area contributed by atoms with E-state index in [1.165, 1.54) is 18.2 Å². The first-order chi connectivity index (χ1) is 25.4. The summed E-state index contributed by atoms with van der Waals surface area (Å²) in [4.78, 5) is 29.6. The quantitative estimate of drug-likeness (QED) is 0.160. The van der Waals surface area contributed by atoms with Gasteiger partial charge in [0.05, 0.1) is 12.2 Å². The van der Waals surface area contributed by atoms with Crippen molar-refractivity contribution in [2.45, 2.75) is 111 Å². The molecule has 0 aromatic heterocycles. The summed E-state index contributed by atoms with van der Waals surface area (Å²) in [5, 5.41) is 0. The van der Waals surface area contributed by atoms with Crippen LogP contribution < -0.4 is 4.74 Å². The van der Waals surface area contributed by atoms with E-state index in [0.29, 0.717) is 50.2 Å². The predicted molar refractivity (Wildman–Crippen MR) is 207 cm³/mol. The Labute approximate surface area is 318 Å². The Bertz CT molecular complexity index is 1780. The van der Waals surface area contributed by atoms with Gasteiger partial charge in [-0.15, -0.1) is 0 Å². The first-order valence-electron chi connectivity index (χ1n) is 19.0. The van der Waals surface area contributed by atoms with Crippen molar-refractivity contribution in [3.05, 3.63) is 88.5 Å². The zero-order valence-corrected chi connectivity index (χ0v) is 32.7. The van der Waals surface area contributed by atoms with Gasteiger partial charge in [0, 0.05) is 25.2 Å². The lowest BCUT2D eigenvalue weighted by molar-refractivity contribution is -0.163. The number of benzene rings is 3. The minimum absolute atomic E-state index is 0.00662. The molecule has 0 aliphatic carbocycles. The third-order valence-corrected chi connectivity index (χ3v) is 9.85. The summed E-state index contributed by atoms with van der Waals surface area (Å²) in [5.41, 5.74) is 2.10. The summed E-state index contributed by atoms with van der Waals surface area (Å²) in [6, 6.07) is 17.8. The van der Waals surface area contributed by atoms with Crippen molar-refractivity contribution < 1.29 is 37.0 Å². The average molecular weight is 749 g/mol. The number of rotatable bonds is 9. The minimum atomic E-state index is -4.64. The Hall–Kier alpha value is -4.31. The maximum atomic E-state index is 14.9. The van der Waals surface area contributed by atoms with Crippen molar-refractivity contribution in [3.63, 3.8) is 0 Å². The molecule has 0 radical (unpaired) electrons. The van der Waals surface area contributed by atoms with Crippen LogP contribution in [0.25, 0.3) is 23.3 Å². The zero-order valence-electron chi connectivity index (χ0n) is 32.7. The Morgan fingerprint density at radius 3 is 2.11 bits per heavy atom. The molecule has 2 aliphatic heterocycles. The maximum Gasteiger partial charge on any atom is 0.417 e. The Morgan fingerprint density at radius 1 is 0.796 bits per heavy atom. The molecule has 0 spiro atoms. The second-order valence-electron chi connectivity index (χ2n) is 16.5. The van der Waals surface area contributed by atoms with Crippen LogP contribution in [0.4, 0.5) is 18.0 Å². The van der Waals surface area contributed by atoms with E-state index < -0.39 is 29.0 Å². The summed E-state index contributed by atoms with van der Waals surface area (Å²) in [6.07, 6.45) is 1.80. The molecule has 292 valence electrons. The van der Waals surface area contributed by atoms with Crippen molar-refractivity contribution in [1.29, 1.82) is 0 Å². The topological polar surface area (TPSA) is 68.3 Å². The lowest BCUT2D eigenvalue weighted by Gasteiger charge is -2.36. The number of halogens is 3. The minimum Gasteiger partial charge on any atom is -0.493 e. The van der Waals surface area contributed by atoms with Crippen LogP contribution in [0, 0.1) is 12.8 Å². The van der Waals surface area contributed by atoms with Crippen LogP contribution in [0.15, 0.2) is 60.7 Å². The predicted octanol–water partition coefficient (Wildman–Crippen LogP) is 10.6. The highest BCUT2D eigenvalue weighted by atomic mass is 19.4. The van der Waals surface area contributed by atoms with Gasteiger partial charge in [-0.05, 0) is 127 Å². The molecule has 5 rings (SSSR count). The number of esters is 1. The monoisotopic (exact) mass is 748 g/mol. The summed E-state index contributed by atoms with van der Waals surface area (Å²) in [7, 11) is 0. The normalized spacial score (nSPS) is 17.8. The number of carbonyl (C=O) groups excluding carboxylic acids is 2. The third-order valence-electron chi connectivity index (χ3n) is 9.85. The number of alkyl halides is 3. The Morgan fingerprint density at radius 2 is 1.46 bits per heavy atom. The third kappa shape index (κ3) is 11.1. The van der Waals surface area contributed by atoms with Crippen molar-refractivity contribution in [2.24, 2.45) is 5.92 Å². The first kappa shape index (κ1) is 40.9. The molecule has 3 aromatic carbocycles. The number of ether oxygens (including phenoxy) is 3. The van der Waals surface area contributed by atoms with Crippen LogP contribution >= 0.6 is 0 Å². The number of piperidine rings is 2. The zero-order chi connectivity index (χ0) is 39.3. The van der Waals surface area contributed by atoms with Gasteiger partial charge in [-0.1, -0.05) is 67.1 Å². The van der Waals surface area contributed by atoms with E-state index in [1.807, 2.05) is 102 Å². The molecule has 2 aliphatic rings. The second-order valence-corrected chi connectivity index (χ2v) is 16.5. The molecule has 2 fully saturated rings. The molecule has 0 N–H and O–H groups in total. The van der Waals surface area contributed by atoms with Crippen molar-refractivity contribution >= 4 is 24.2 Å². The molecule has 2 saturated heterocycles. The van der Waals surface area contributed by atoms with E-state index in [4.69, 9.17) is 14.2 Å². The number of hydrogen-bond acceptors (Lipinski definition) is 6. The van der Waals surface area contributed by atoms with Gasteiger partial charge < -0.3 is 19.1 Å². The van der Waals surface area contributed by atoms with Crippen LogP contribution in [-0.4, -0.2) is 65.3 Å². The number of nitrogens with zero attached hydrogens (tertiary/aromatic N) is 2. The first-order valence-corrected chi connectivity index (χ1v) is 19.0. The highest BCUT2D eigenvalue weighted by Crippen LogP contribution is 2.39. The van der Waals surface area contributed by atoms with Gasteiger partial charge in [0.15, 0.2) is 0 Å². The number of likely N-dealkylation sites (tertiary alicyclic amines) is 2. The van der Waals surface area contributed by atoms with Gasteiger partial charge in [-0.25, -0.2) is 4.79 Å². The van der Waals surface area contributed by atoms with E-state index in [9.17, 15) is 22.8 Å². The SMILES string of the molecule is Cc1c(/C=C/c2cc(OCC3CCN(C(=O)OC(C)(C)C)CC3)c(CN3CCCC[C@H]3C(=O)OC(C)(C)C)cc2C(F)(F)F)cccc1-c1ccccc1. The second kappa shape index (κ2) is 17.0. The van der Waals surface area contributed by atoms with Gasteiger partial charge in [0.1, 0.15) is 23.0 Å². The van der Waals surface area contributed by atoms with Gasteiger partial charge in [0.25, 0.3) is 0 Å². The number of amides is 1. The molecular weight excluding hydrogens is 693 g/mol. The fourth-order valence-electron chi connectivity index (χ4n) is 7.08. The maximum absolute atomic E-state index is 14.9. The highest BCUT2D eigenvalue weighted by molar-refractivity contribution is 5.79. The molecule has 0 unspecified atom stereocenters. The molecule has 1 atom stereocenters. The summed E-state index contributed by atoms with van der Waals surface area (Å²) in [6.45, 7) is 14.8.